The van der Waals surface area contributed by atoms with Crippen molar-refractivity contribution in [3.05, 3.63) is 29.8 Å². The highest BCUT2D eigenvalue weighted by Gasteiger charge is 2.19. The minimum Gasteiger partial charge on any atom is -0.494 e. The number of carbonyl (C=O) groups is 4. The zero-order chi connectivity index (χ0) is 22.0. The van der Waals surface area contributed by atoms with Crippen molar-refractivity contribution in [1.29, 1.82) is 0 Å². The normalized spacial score (nSPS) is 10.7. The van der Waals surface area contributed by atoms with Crippen LogP contribution in [0.4, 0.5) is 0 Å². The Labute approximate surface area is 170 Å². The summed E-state index contributed by atoms with van der Waals surface area (Å²) in [6, 6.07) is 6.46. The number of esters is 1. The molecule has 0 fully saturated rings. The Morgan fingerprint density at radius 2 is 1.69 bits per heavy atom. The lowest BCUT2D eigenvalue weighted by molar-refractivity contribution is -0.151. The molecule has 9 nitrogen and oxygen atoms in total. The van der Waals surface area contributed by atoms with E-state index in [9.17, 15) is 19.2 Å². The molecule has 0 atom stereocenters. The summed E-state index contributed by atoms with van der Waals surface area (Å²) in [4.78, 5) is 48.7. The standard InChI is InChI=1S/C20H29N3O6/c1-6-28-15-9-7-14(8-10-15)19(27)21-11-18(26)29-13-17(25)23(5)12-16(24)22-20(2,3)4/h7-10H,6,11-13H2,1-5H3,(H,21,27)(H,22,24). The molecule has 0 radical (unpaired) electrons. The molecular formula is C20H29N3O6. The first-order valence-corrected chi connectivity index (χ1v) is 9.23. The van der Waals surface area contributed by atoms with Gasteiger partial charge in [0.2, 0.25) is 5.91 Å². The zero-order valence-corrected chi connectivity index (χ0v) is 17.5. The van der Waals surface area contributed by atoms with Gasteiger partial charge in [0.05, 0.1) is 13.2 Å². The molecule has 0 bridgehead atoms. The molecule has 0 heterocycles. The summed E-state index contributed by atoms with van der Waals surface area (Å²) in [6.45, 7) is 6.82. The van der Waals surface area contributed by atoms with E-state index >= 15 is 0 Å². The predicted molar refractivity (Wildman–Crippen MR) is 106 cm³/mol. The Morgan fingerprint density at radius 3 is 2.24 bits per heavy atom. The van der Waals surface area contributed by atoms with Crippen LogP contribution in [0.25, 0.3) is 0 Å². The number of likely N-dealkylation sites (N-methyl/N-ethyl adjacent to an activating group) is 1. The van der Waals surface area contributed by atoms with Crippen LogP contribution in [0.15, 0.2) is 24.3 Å². The van der Waals surface area contributed by atoms with Gasteiger partial charge in [-0.05, 0) is 52.0 Å². The molecule has 0 aromatic heterocycles. The number of hydrogen-bond acceptors (Lipinski definition) is 6. The van der Waals surface area contributed by atoms with Gasteiger partial charge in [-0.1, -0.05) is 0 Å². The van der Waals surface area contributed by atoms with Crippen LogP contribution in [-0.4, -0.2) is 67.5 Å². The second-order valence-corrected chi connectivity index (χ2v) is 7.35. The van der Waals surface area contributed by atoms with Gasteiger partial charge in [0.25, 0.3) is 11.8 Å². The van der Waals surface area contributed by atoms with Crippen molar-refractivity contribution >= 4 is 23.7 Å². The van der Waals surface area contributed by atoms with Crippen LogP contribution in [0, 0.1) is 0 Å². The second kappa shape index (κ2) is 11.0. The first-order chi connectivity index (χ1) is 13.5. The molecule has 0 spiro atoms. The van der Waals surface area contributed by atoms with Gasteiger partial charge in [-0.15, -0.1) is 0 Å². The number of amides is 3. The molecule has 0 unspecified atom stereocenters. The second-order valence-electron chi connectivity index (χ2n) is 7.35. The van der Waals surface area contributed by atoms with Crippen LogP contribution in [-0.2, 0) is 19.1 Å². The summed E-state index contributed by atoms with van der Waals surface area (Å²) in [5, 5.41) is 5.15. The largest absolute Gasteiger partial charge is 0.494 e. The van der Waals surface area contributed by atoms with Gasteiger partial charge in [0.15, 0.2) is 6.61 Å². The fourth-order valence-electron chi connectivity index (χ4n) is 2.19. The van der Waals surface area contributed by atoms with Crippen LogP contribution < -0.4 is 15.4 Å². The summed E-state index contributed by atoms with van der Waals surface area (Å²) in [7, 11) is 1.44. The van der Waals surface area contributed by atoms with Gasteiger partial charge >= 0.3 is 5.97 Å². The lowest BCUT2D eigenvalue weighted by atomic mass is 10.1. The van der Waals surface area contributed by atoms with E-state index in [0.717, 1.165) is 4.90 Å². The Kier molecular flexibility index (Phi) is 9.11. The van der Waals surface area contributed by atoms with E-state index < -0.39 is 29.9 Å². The van der Waals surface area contributed by atoms with E-state index in [1.807, 2.05) is 27.7 Å². The summed E-state index contributed by atoms with van der Waals surface area (Å²) in [6.07, 6.45) is 0. The number of benzene rings is 1. The van der Waals surface area contributed by atoms with E-state index in [4.69, 9.17) is 9.47 Å². The average Bonchev–Trinajstić information content (AvgIpc) is 2.63. The van der Waals surface area contributed by atoms with Gasteiger partial charge in [-0.2, -0.15) is 0 Å². The van der Waals surface area contributed by atoms with Crippen LogP contribution >= 0.6 is 0 Å². The number of nitrogens with zero attached hydrogens (tertiary/aromatic N) is 1. The van der Waals surface area contributed by atoms with Gasteiger partial charge in [-0.25, -0.2) is 0 Å². The van der Waals surface area contributed by atoms with Crippen molar-refractivity contribution in [1.82, 2.24) is 15.5 Å². The topological polar surface area (TPSA) is 114 Å². The maximum Gasteiger partial charge on any atom is 0.325 e. The van der Waals surface area contributed by atoms with Gasteiger partial charge < -0.3 is 25.0 Å². The lowest BCUT2D eigenvalue weighted by Gasteiger charge is -2.23. The minimum atomic E-state index is -0.759. The average molecular weight is 407 g/mol. The fraction of sp³-hybridized carbons (Fsp3) is 0.500. The van der Waals surface area contributed by atoms with Crippen LogP contribution in [0.1, 0.15) is 38.1 Å². The molecule has 1 aromatic carbocycles. The SMILES string of the molecule is CCOc1ccc(C(=O)NCC(=O)OCC(=O)N(C)CC(=O)NC(C)(C)C)cc1. The summed E-state index contributed by atoms with van der Waals surface area (Å²) >= 11 is 0. The van der Waals surface area contributed by atoms with Crippen LogP contribution in [0.2, 0.25) is 0 Å². The first-order valence-electron chi connectivity index (χ1n) is 9.23. The molecule has 160 valence electrons. The van der Waals surface area contributed by atoms with Gasteiger partial charge in [0.1, 0.15) is 12.3 Å². The van der Waals surface area contributed by atoms with E-state index in [2.05, 4.69) is 10.6 Å². The van der Waals surface area contributed by atoms with Gasteiger partial charge in [-0.3, -0.25) is 19.2 Å². The third-order valence-electron chi connectivity index (χ3n) is 3.50. The maximum atomic E-state index is 12.0. The number of rotatable bonds is 9. The molecule has 2 N–H and O–H groups in total. The lowest BCUT2D eigenvalue weighted by Crippen LogP contribution is -2.47. The van der Waals surface area contributed by atoms with Gasteiger partial charge in [0, 0.05) is 18.2 Å². The third kappa shape index (κ3) is 9.59. The molecule has 9 heteroatoms. The molecule has 0 saturated carbocycles. The van der Waals surface area contributed by atoms with Crippen molar-refractivity contribution in [3.63, 3.8) is 0 Å². The molecule has 0 saturated heterocycles. The molecular weight excluding hydrogens is 378 g/mol. The Morgan fingerprint density at radius 1 is 1.07 bits per heavy atom. The van der Waals surface area contributed by atoms with E-state index in [0.29, 0.717) is 17.9 Å². The third-order valence-corrected chi connectivity index (χ3v) is 3.50. The summed E-state index contributed by atoms with van der Waals surface area (Å²) in [5.74, 6) is -1.41. The van der Waals surface area contributed by atoms with Crippen molar-refractivity contribution in [2.24, 2.45) is 0 Å². The number of ether oxygens (including phenoxy) is 2. The molecule has 0 aliphatic carbocycles. The molecule has 1 rings (SSSR count). The molecule has 0 aliphatic rings. The van der Waals surface area contributed by atoms with E-state index in [1.165, 1.54) is 7.05 Å². The Balaban J connectivity index is 2.36. The summed E-state index contributed by atoms with van der Waals surface area (Å²) in [5.41, 5.74) is -0.0449. The zero-order valence-electron chi connectivity index (χ0n) is 17.5. The fourth-order valence-corrected chi connectivity index (χ4v) is 2.19. The van der Waals surface area contributed by atoms with Crippen molar-refractivity contribution in [2.75, 3.05) is 33.4 Å². The number of nitrogens with one attached hydrogen (secondary N) is 2. The molecule has 29 heavy (non-hydrogen) atoms. The highest BCUT2D eigenvalue weighted by atomic mass is 16.5. The summed E-state index contributed by atoms with van der Waals surface area (Å²) < 4.78 is 10.1. The number of carbonyl (C=O) groups excluding carboxylic acids is 4. The Hall–Kier alpha value is -3.10. The van der Waals surface area contributed by atoms with Crippen molar-refractivity contribution in [2.45, 2.75) is 33.2 Å². The quantitative estimate of drug-likeness (QED) is 0.584. The predicted octanol–water partition coefficient (Wildman–Crippen LogP) is 0.731. The smallest absolute Gasteiger partial charge is 0.325 e. The van der Waals surface area contributed by atoms with Crippen LogP contribution in [0.3, 0.4) is 0 Å². The monoisotopic (exact) mass is 407 g/mol. The van der Waals surface area contributed by atoms with Crippen molar-refractivity contribution in [3.8, 4) is 5.75 Å². The molecule has 1 aromatic rings. The Bertz CT molecular complexity index is 725. The van der Waals surface area contributed by atoms with Crippen LogP contribution in [0.5, 0.6) is 5.75 Å². The van der Waals surface area contributed by atoms with E-state index in [-0.39, 0.29) is 19.0 Å². The number of hydrogen-bond donors (Lipinski definition) is 2. The highest BCUT2D eigenvalue weighted by molar-refractivity contribution is 5.96. The minimum absolute atomic E-state index is 0.151. The van der Waals surface area contributed by atoms with Crippen molar-refractivity contribution < 1.29 is 28.7 Å². The molecule has 3 amide bonds. The highest BCUT2D eigenvalue weighted by Crippen LogP contribution is 2.11. The maximum absolute atomic E-state index is 12.0. The first kappa shape index (κ1) is 23.9. The molecule has 0 aliphatic heterocycles. The van der Waals surface area contributed by atoms with E-state index in [1.54, 1.807) is 24.3 Å².